The number of aliphatic hydroxyl groups excluding tert-OH is 1. The van der Waals surface area contributed by atoms with E-state index in [4.69, 9.17) is 5.11 Å². The average Bonchev–Trinajstić information content (AvgIpc) is 1.98. The molecule has 0 spiro atoms. The molecule has 1 rings (SSSR count). The van der Waals surface area contributed by atoms with Crippen molar-refractivity contribution in [3.63, 3.8) is 0 Å². The molecule has 3 heteroatoms. The molecule has 0 amide bonds. The predicted molar refractivity (Wildman–Crippen MR) is 46.5 cm³/mol. The molecule has 0 saturated carbocycles. The number of hydrogen-bond acceptors (Lipinski definition) is 1. The van der Waals surface area contributed by atoms with Gasteiger partial charge in [0, 0.05) is 6.07 Å². The average molecular weight is 186 g/mol. The number of benzene rings is 1. The van der Waals surface area contributed by atoms with Crippen molar-refractivity contribution in [2.24, 2.45) is 0 Å². The molecule has 0 aliphatic rings. The summed E-state index contributed by atoms with van der Waals surface area (Å²) in [4.78, 5) is 0. The fraction of sp³-hybridized carbons (Fsp3) is 0.400. The predicted octanol–water partition coefficient (Wildman–Crippen LogP) is 2.20. The minimum absolute atomic E-state index is 0.278. The first kappa shape index (κ1) is 10.1. The monoisotopic (exact) mass is 186 g/mol. The third-order valence-corrected chi connectivity index (χ3v) is 1.93. The van der Waals surface area contributed by atoms with Gasteiger partial charge in [0.2, 0.25) is 0 Å². The zero-order valence-corrected chi connectivity index (χ0v) is 7.64. The second-order valence-corrected chi connectivity index (χ2v) is 3.22. The summed E-state index contributed by atoms with van der Waals surface area (Å²) in [6, 6.07) is 2.10. The molecule has 1 unspecified atom stereocenters. The maximum absolute atomic E-state index is 13.0. The Labute approximate surface area is 76.0 Å². The van der Waals surface area contributed by atoms with Crippen LogP contribution in [0.15, 0.2) is 12.1 Å². The molecule has 1 aromatic rings. The third-order valence-electron chi connectivity index (χ3n) is 1.93. The fourth-order valence-corrected chi connectivity index (χ4v) is 1.23. The lowest BCUT2D eigenvalue weighted by Crippen LogP contribution is -2.07. The molecule has 0 aromatic heterocycles. The lowest BCUT2D eigenvalue weighted by atomic mass is 10.0. The summed E-state index contributed by atoms with van der Waals surface area (Å²) in [5.41, 5.74) is 0.926. The molecule has 72 valence electrons. The molecule has 13 heavy (non-hydrogen) atoms. The Morgan fingerprint density at radius 3 is 2.54 bits per heavy atom. The topological polar surface area (TPSA) is 20.2 Å². The molecule has 0 radical (unpaired) electrons. The van der Waals surface area contributed by atoms with Gasteiger partial charge in [-0.3, -0.25) is 0 Å². The van der Waals surface area contributed by atoms with E-state index in [9.17, 15) is 8.78 Å². The normalized spacial score (nSPS) is 13.0. The van der Waals surface area contributed by atoms with E-state index in [2.05, 4.69) is 0 Å². The smallest absolute Gasteiger partial charge is 0.129 e. The fourth-order valence-electron chi connectivity index (χ4n) is 1.23. The van der Waals surface area contributed by atoms with E-state index in [0.717, 1.165) is 6.07 Å². The van der Waals surface area contributed by atoms with Gasteiger partial charge in [-0.15, -0.1) is 0 Å². The molecular formula is C10H12F2O. The van der Waals surface area contributed by atoms with Crippen LogP contribution in [0.4, 0.5) is 8.78 Å². The van der Waals surface area contributed by atoms with Crippen molar-refractivity contribution < 1.29 is 13.9 Å². The number of rotatable bonds is 2. The quantitative estimate of drug-likeness (QED) is 0.750. The maximum atomic E-state index is 13.0. The number of aliphatic hydroxyl groups is 1. The van der Waals surface area contributed by atoms with E-state index < -0.39 is 17.7 Å². The minimum Gasteiger partial charge on any atom is -0.393 e. The van der Waals surface area contributed by atoms with Crippen molar-refractivity contribution in [1.29, 1.82) is 0 Å². The molecule has 0 aliphatic heterocycles. The van der Waals surface area contributed by atoms with Crippen LogP contribution < -0.4 is 0 Å². The SMILES string of the molecule is Cc1c(F)cc(F)cc1CC(C)O. The highest BCUT2D eigenvalue weighted by atomic mass is 19.1. The Morgan fingerprint density at radius 2 is 2.00 bits per heavy atom. The number of hydrogen-bond donors (Lipinski definition) is 1. The van der Waals surface area contributed by atoms with Crippen molar-refractivity contribution in [2.45, 2.75) is 26.4 Å². The maximum Gasteiger partial charge on any atom is 0.129 e. The van der Waals surface area contributed by atoms with Gasteiger partial charge in [-0.1, -0.05) is 0 Å². The van der Waals surface area contributed by atoms with E-state index in [-0.39, 0.29) is 6.42 Å². The molecule has 0 aliphatic carbocycles. The van der Waals surface area contributed by atoms with Crippen LogP contribution in [0.3, 0.4) is 0 Å². The minimum atomic E-state index is -0.598. The van der Waals surface area contributed by atoms with Gasteiger partial charge in [0.25, 0.3) is 0 Å². The molecule has 1 aromatic carbocycles. The Hall–Kier alpha value is -0.960. The van der Waals surface area contributed by atoms with Gasteiger partial charge in [-0.05, 0) is 37.5 Å². The van der Waals surface area contributed by atoms with E-state index in [1.54, 1.807) is 13.8 Å². The second-order valence-electron chi connectivity index (χ2n) is 3.22. The summed E-state index contributed by atoms with van der Waals surface area (Å²) >= 11 is 0. The first-order valence-corrected chi connectivity index (χ1v) is 4.13. The van der Waals surface area contributed by atoms with Gasteiger partial charge < -0.3 is 5.11 Å². The van der Waals surface area contributed by atoms with Crippen LogP contribution in [0.1, 0.15) is 18.1 Å². The molecule has 1 nitrogen and oxygen atoms in total. The van der Waals surface area contributed by atoms with Crippen molar-refractivity contribution in [3.8, 4) is 0 Å². The summed E-state index contributed by atoms with van der Waals surface area (Å²) in [7, 11) is 0. The largest absolute Gasteiger partial charge is 0.393 e. The Morgan fingerprint density at radius 1 is 1.38 bits per heavy atom. The van der Waals surface area contributed by atoms with Crippen LogP contribution in [-0.2, 0) is 6.42 Å². The van der Waals surface area contributed by atoms with Crippen LogP contribution >= 0.6 is 0 Å². The van der Waals surface area contributed by atoms with Crippen LogP contribution in [0.25, 0.3) is 0 Å². The molecular weight excluding hydrogens is 174 g/mol. The van der Waals surface area contributed by atoms with Crippen molar-refractivity contribution >= 4 is 0 Å². The van der Waals surface area contributed by atoms with Crippen molar-refractivity contribution in [2.75, 3.05) is 0 Å². The highest BCUT2D eigenvalue weighted by Gasteiger charge is 2.08. The summed E-state index contributed by atoms with van der Waals surface area (Å²) in [5, 5.41) is 9.07. The standard InChI is InChI=1S/C10H12F2O/c1-6(13)3-8-4-9(11)5-10(12)7(8)2/h4-6,13H,3H2,1-2H3. The molecule has 0 bridgehead atoms. The molecule has 0 heterocycles. The number of halogens is 2. The van der Waals surface area contributed by atoms with Gasteiger partial charge in [0.15, 0.2) is 0 Å². The van der Waals surface area contributed by atoms with Gasteiger partial charge in [0.05, 0.1) is 6.10 Å². The molecule has 1 atom stereocenters. The molecule has 1 N–H and O–H groups in total. The summed E-state index contributed by atoms with van der Waals surface area (Å²) in [6.07, 6.45) is -0.305. The van der Waals surface area contributed by atoms with E-state index in [1.807, 2.05) is 0 Å². The zero-order valence-electron chi connectivity index (χ0n) is 7.64. The highest BCUT2D eigenvalue weighted by molar-refractivity contribution is 5.28. The Kier molecular flexibility index (Phi) is 2.98. The van der Waals surface area contributed by atoms with Crippen LogP contribution in [0.2, 0.25) is 0 Å². The van der Waals surface area contributed by atoms with E-state index in [1.165, 1.54) is 6.07 Å². The second kappa shape index (κ2) is 3.83. The summed E-state index contributed by atoms with van der Waals surface area (Å²) in [6.45, 7) is 3.16. The van der Waals surface area contributed by atoms with E-state index >= 15 is 0 Å². The van der Waals surface area contributed by atoms with E-state index in [0.29, 0.717) is 11.1 Å². The highest BCUT2D eigenvalue weighted by Crippen LogP contribution is 2.16. The van der Waals surface area contributed by atoms with Gasteiger partial charge in [0.1, 0.15) is 11.6 Å². The lowest BCUT2D eigenvalue weighted by molar-refractivity contribution is 0.195. The van der Waals surface area contributed by atoms with Gasteiger partial charge in [-0.2, -0.15) is 0 Å². The van der Waals surface area contributed by atoms with Crippen molar-refractivity contribution in [3.05, 3.63) is 34.9 Å². The zero-order chi connectivity index (χ0) is 10.0. The Bertz CT molecular complexity index is 308. The van der Waals surface area contributed by atoms with Crippen LogP contribution in [-0.4, -0.2) is 11.2 Å². The van der Waals surface area contributed by atoms with Gasteiger partial charge in [-0.25, -0.2) is 8.78 Å². The van der Waals surface area contributed by atoms with Crippen LogP contribution in [0, 0.1) is 18.6 Å². The third kappa shape index (κ3) is 2.49. The summed E-state index contributed by atoms with van der Waals surface area (Å²) in [5.74, 6) is -1.16. The summed E-state index contributed by atoms with van der Waals surface area (Å²) < 4.78 is 25.7. The van der Waals surface area contributed by atoms with Crippen molar-refractivity contribution in [1.82, 2.24) is 0 Å². The molecule has 0 fully saturated rings. The van der Waals surface area contributed by atoms with Crippen LogP contribution in [0.5, 0.6) is 0 Å². The Balaban J connectivity index is 3.05. The first-order valence-electron chi connectivity index (χ1n) is 4.13. The lowest BCUT2D eigenvalue weighted by Gasteiger charge is -2.08. The van der Waals surface area contributed by atoms with Gasteiger partial charge >= 0.3 is 0 Å². The molecule has 0 saturated heterocycles. The first-order chi connectivity index (χ1) is 6.00.